The highest BCUT2D eigenvalue weighted by molar-refractivity contribution is 6.25. The molecule has 3 heteroatoms. The summed E-state index contributed by atoms with van der Waals surface area (Å²) in [5, 5.41) is 3.24. The lowest BCUT2D eigenvalue weighted by Crippen LogP contribution is -2.38. The van der Waals surface area contributed by atoms with Gasteiger partial charge in [-0.25, -0.2) is 0 Å². The van der Waals surface area contributed by atoms with Gasteiger partial charge in [0, 0.05) is 18.6 Å². The van der Waals surface area contributed by atoms with Gasteiger partial charge in [-0.2, -0.15) is 0 Å². The number of halogens is 1. The fourth-order valence-corrected chi connectivity index (χ4v) is 2.04. The number of hydrogen-bond donors (Lipinski definition) is 1. The van der Waals surface area contributed by atoms with Crippen LogP contribution in [0.25, 0.3) is 0 Å². The summed E-state index contributed by atoms with van der Waals surface area (Å²) in [6.45, 7) is 4.58. The summed E-state index contributed by atoms with van der Waals surface area (Å²) in [7, 11) is 2.03. The Labute approximate surface area is 85.9 Å². The van der Waals surface area contributed by atoms with E-state index in [4.69, 9.17) is 11.6 Å². The molecule has 1 atom stereocenters. The van der Waals surface area contributed by atoms with Gasteiger partial charge in [0.15, 0.2) is 0 Å². The van der Waals surface area contributed by atoms with Crippen LogP contribution in [0.15, 0.2) is 11.6 Å². The Kier molecular flexibility index (Phi) is 5.44. The maximum Gasteiger partial charge on any atom is 0.0174 e. The fraction of sp³-hybridized carbons (Fsp3) is 0.800. The van der Waals surface area contributed by atoms with Crippen molar-refractivity contribution in [2.24, 2.45) is 5.92 Å². The Balaban J connectivity index is 2.24. The second-order valence-electron chi connectivity index (χ2n) is 3.69. The van der Waals surface area contributed by atoms with Gasteiger partial charge < -0.3 is 5.32 Å². The van der Waals surface area contributed by atoms with E-state index in [0.29, 0.717) is 0 Å². The smallest absolute Gasteiger partial charge is 0.0174 e. The minimum atomic E-state index is 0.822. The first-order valence-corrected chi connectivity index (χ1v) is 5.42. The lowest BCUT2D eigenvalue weighted by atomic mass is 9.98. The zero-order valence-corrected chi connectivity index (χ0v) is 9.06. The third-order valence-electron chi connectivity index (χ3n) is 2.55. The summed E-state index contributed by atoms with van der Waals surface area (Å²) in [4.78, 5) is 2.46. The van der Waals surface area contributed by atoms with Crippen molar-refractivity contribution >= 4 is 11.6 Å². The molecule has 0 amide bonds. The summed E-state index contributed by atoms with van der Waals surface area (Å²) in [6, 6.07) is 0. The van der Waals surface area contributed by atoms with Crippen LogP contribution in [0, 0.1) is 5.92 Å². The molecule has 1 rings (SSSR count). The van der Waals surface area contributed by atoms with E-state index in [0.717, 1.165) is 19.0 Å². The van der Waals surface area contributed by atoms with E-state index < -0.39 is 0 Å². The van der Waals surface area contributed by atoms with Gasteiger partial charge in [0.2, 0.25) is 0 Å². The Morgan fingerprint density at radius 1 is 1.62 bits per heavy atom. The molecule has 1 fully saturated rings. The van der Waals surface area contributed by atoms with Crippen LogP contribution in [0.2, 0.25) is 0 Å². The topological polar surface area (TPSA) is 15.3 Å². The molecular formula is C10H19ClN2. The van der Waals surface area contributed by atoms with Crippen LogP contribution in [0.1, 0.15) is 12.8 Å². The number of hydrogen-bond acceptors (Lipinski definition) is 2. The summed E-state index contributed by atoms with van der Waals surface area (Å²) in [5.74, 6) is 0.822. The highest BCUT2D eigenvalue weighted by atomic mass is 35.5. The molecule has 1 saturated heterocycles. The van der Waals surface area contributed by atoms with Gasteiger partial charge in [-0.1, -0.05) is 17.7 Å². The number of nitrogens with one attached hydrogen (secondary N) is 1. The van der Waals surface area contributed by atoms with Crippen LogP contribution < -0.4 is 5.32 Å². The Bertz CT molecular complexity index is 157. The van der Waals surface area contributed by atoms with Crippen molar-refractivity contribution in [3.05, 3.63) is 11.6 Å². The molecule has 0 aromatic carbocycles. The number of likely N-dealkylation sites (tertiary alicyclic amines) is 1. The molecule has 0 aromatic heterocycles. The van der Waals surface area contributed by atoms with Crippen molar-refractivity contribution in [1.82, 2.24) is 10.2 Å². The largest absolute Gasteiger partial charge is 0.319 e. The molecule has 1 aliphatic rings. The molecule has 0 aliphatic carbocycles. The molecule has 2 nitrogen and oxygen atoms in total. The maximum atomic E-state index is 5.50. The van der Waals surface area contributed by atoms with Gasteiger partial charge in [-0.05, 0) is 38.9 Å². The van der Waals surface area contributed by atoms with Crippen LogP contribution >= 0.6 is 11.6 Å². The quantitative estimate of drug-likeness (QED) is 0.746. The molecule has 1 aliphatic heterocycles. The average Bonchev–Trinajstić information content (AvgIpc) is 2.16. The number of piperidine rings is 1. The van der Waals surface area contributed by atoms with Crippen molar-refractivity contribution in [2.75, 3.05) is 33.2 Å². The monoisotopic (exact) mass is 202 g/mol. The summed E-state index contributed by atoms with van der Waals surface area (Å²) < 4.78 is 0. The minimum absolute atomic E-state index is 0.822. The lowest BCUT2D eigenvalue weighted by Gasteiger charge is -2.31. The molecule has 0 saturated carbocycles. The van der Waals surface area contributed by atoms with E-state index in [9.17, 15) is 0 Å². The Morgan fingerprint density at radius 3 is 3.15 bits per heavy atom. The molecule has 1 unspecified atom stereocenters. The molecule has 0 spiro atoms. The van der Waals surface area contributed by atoms with E-state index in [1.54, 1.807) is 5.54 Å². The molecule has 13 heavy (non-hydrogen) atoms. The van der Waals surface area contributed by atoms with Crippen LogP contribution in [-0.4, -0.2) is 38.1 Å². The third kappa shape index (κ3) is 4.12. The van der Waals surface area contributed by atoms with Crippen molar-refractivity contribution in [1.29, 1.82) is 0 Å². The van der Waals surface area contributed by atoms with E-state index >= 15 is 0 Å². The normalized spacial score (nSPS) is 25.5. The molecule has 0 radical (unpaired) electrons. The summed E-state index contributed by atoms with van der Waals surface area (Å²) in [5.41, 5.74) is 1.61. The first-order chi connectivity index (χ1) is 6.36. The van der Waals surface area contributed by atoms with Crippen LogP contribution in [0.5, 0.6) is 0 Å². The maximum absolute atomic E-state index is 5.50. The summed E-state index contributed by atoms with van der Waals surface area (Å²) in [6.07, 6.45) is 4.70. The lowest BCUT2D eigenvalue weighted by molar-refractivity contribution is 0.190. The third-order valence-corrected chi connectivity index (χ3v) is 2.73. The van der Waals surface area contributed by atoms with Crippen LogP contribution in [0.4, 0.5) is 0 Å². The number of rotatable bonds is 4. The van der Waals surface area contributed by atoms with Crippen molar-refractivity contribution in [3.8, 4) is 0 Å². The van der Waals surface area contributed by atoms with E-state index in [1.165, 1.54) is 25.9 Å². The van der Waals surface area contributed by atoms with Crippen molar-refractivity contribution in [2.45, 2.75) is 12.8 Å². The summed E-state index contributed by atoms with van der Waals surface area (Å²) >= 11 is 5.50. The van der Waals surface area contributed by atoms with Gasteiger partial charge in [-0.3, -0.25) is 4.90 Å². The standard InChI is InChI=1S/C10H19ClN2/c1-12-8-10-4-2-6-13(9-10)7-3-5-11/h3,5,10,12H,2,4,6-9H2,1H3. The molecule has 76 valence electrons. The molecular weight excluding hydrogens is 184 g/mol. The van der Waals surface area contributed by atoms with Crippen LogP contribution in [-0.2, 0) is 0 Å². The molecule has 1 N–H and O–H groups in total. The highest BCUT2D eigenvalue weighted by Crippen LogP contribution is 2.15. The van der Waals surface area contributed by atoms with E-state index in [2.05, 4.69) is 10.2 Å². The first-order valence-electron chi connectivity index (χ1n) is 4.99. The SMILES string of the molecule is CNCC1CCCN(CC=CCl)C1. The molecule has 0 bridgehead atoms. The highest BCUT2D eigenvalue weighted by Gasteiger charge is 2.17. The second kappa shape index (κ2) is 6.41. The molecule has 1 heterocycles. The van der Waals surface area contributed by atoms with Gasteiger partial charge in [0.05, 0.1) is 0 Å². The zero-order valence-electron chi connectivity index (χ0n) is 8.30. The minimum Gasteiger partial charge on any atom is -0.319 e. The predicted molar refractivity (Wildman–Crippen MR) is 58.1 cm³/mol. The van der Waals surface area contributed by atoms with Crippen LogP contribution in [0.3, 0.4) is 0 Å². The van der Waals surface area contributed by atoms with Gasteiger partial charge in [0.25, 0.3) is 0 Å². The first kappa shape index (κ1) is 11.0. The Morgan fingerprint density at radius 2 is 2.46 bits per heavy atom. The van der Waals surface area contributed by atoms with Crippen molar-refractivity contribution in [3.63, 3.8) is 0 Å². The average molecular weight is 203 g/mol. The fourth-order valence-electron chi connectivity index (χ4n) is 1.96. The van der Waals surface area contributed by atoms with Crippen molar-refractivity contribution < 1.29 is 0 Å². The predicted octanol–water partition coefficient (Wildman–Crippen LogP) is 1.67. The van der Waals surface area contributed by atoms with Gasteiger partial charge in [-0.15, -0.1) is 0 Å². The van der Waals surface area contributed by atoms with E-state index in [1.807, 2.05) is 13.1 Å². The van der Waals surface area contributed by atoms with Gasteiger partial charge in [0.1, 0.15) is 0 Å². The number of nitrogens with zero attached hydrogens (tertiary/aromatic N) is 1. The second-order valence-corrected chi connectivity index (χ2v) is 3.94. The van der Waals surface area contributed by atoms with E-state index in [-0.39, 0.29) is 0 Å². The Hall–Kier alpha value is -0.0500. The molecule has 0 aromatic rings. The van der Waals surface area contributed by atoms with Gasteiger partial charge >= 0.3 is 0 Å². The zero-order chi connectivity index (χ0) is 9.52.